The summed E-state index contributed by atoms with van der Waals surface area (Å²) in [6.45, 7) is 0.113. The van der Waals surface area contributed by atoms with Crippen molar-refractivity contribution in [3.63, 3.8) is 0 Å². The largest absolute Gasteiger partial charge is 0.389 e. The molecule has 0 aliphatic rings. The summed E-state index contributed by atoms with van der Waals surface area (Å²) in [4.78, 5) is 9.22. The Labute approximate surface area is 211 Å². The average Bonchev–Trinajstić information content (AvgIpc) is 2.95. The normalized spacial score (nSPS) is 14.8. The minimum atomic E-state index is -0.927. The molecule has 3 N–H and O–H groups in total. The summed E-state index contributed by atoms with van der Waals surface area (Å²) in [6, 6.07) is 37.6. The van der Waals surface area contributed by atoms with Crippen LogP contribution in [-0.4, -0.2) is 45.9 Å². The number of aliphatic hydroxyl groups excluding tert-OH is 3. The summed E-state index contributed by atoms with van der Waals surface area (Å²) in [6.07, 6.45) is -2.75. The first-order chi connectivity index (χ1) is 17.6. The number of rotatable bonds is 10. The molecule has 2 unspecified atom stereocenters. The maximum absolute atomic E-state index is 11.0. The van der Waals surface area contributed by atoms with E-state index in [4.69, 9.17) is 0 Å². The summed E-state index contributed by atoms with van der Waals surface area (Å²) >= 11 is 0. The van der Waals surface area contributed by atoms with Crippen LogP contribution >= 0.6 is 0 Å². The van der Waals surface area contributed by atoms with Gasteiger partial charge in [0, 0.05) is 0 Å². The lowest BCUT2D eigenvalue weighted by Gasteiger charge is -2.17. The maximum atomic E-state index is 11.0. The third-order valence-electron chi connectivity index (χ3n) is 5.83. The lowest BCUT2D eigenvalue weighted by Crippen LogP contribution is -2.22. The van der Waals surface area contributed by atoms with Crippen molar-refractivity contribution in [2.75, 3.05) is 13.1 Å². The van der Waals surface area contributed by atoms with Crippen molar-refractivity contribution >= 4 is 11.4 Å². The molecule has 5 nitrogen and oxygen atoms in total. The lowest BCUT2D eigenvalue weighted by atomic mass is 9.98. The number of aliphatic hydroxyl groups is 3. The van der Waals surface area contributed by atoms with Gasteiger partial charge in [-0.1, -0.05) is 121 Å². The van der Waals surface area contributed by atoms with Crippen LogP contribution in [0.1, 0.15) is 34.5 Å². The van der Waals surface area contributed by atoms with Crippen molar-refractivity contribution in [3.05, 3.63) is 144 Å². The molecule has 4 aromatic rings. The van der Waals surface area contributed by atoms with E-state index in [1.807, 2.05) is 121 Å². The van der Waals surface area contributed by atoms with E-state index in [0.29, 0.717) is 11.4 Å². The number of aliphatic imine (C=N–C) groups is 2. The lowest BCUT2D eigenvalue weighted by molar-refractivity contribution is 0.190. The Morgan fingerprint density at radius 3 is 1.11 bits per heavy atom. The molecular formula is C31H30N2O3. The first kappa shape index (κ1) is 25.2. The predicted molar refractivity (Wildman–Crippen MR) is 145 cm³/mol. The Bertz CT molecular complexity index is 1160. The molecule has 2 atom stereocenters. The minimum absolute atomic E-state index is 0.0567. The highest BCUT2D eigenvalue weighted by molar-refractivity contribution is 6.04. The van der Waals surface area contributed by atoms with Crippen molar-refractivity contribution in [3.8, 4) is 0 Å². The molecule has 0 radical (unpaired) electrons. The van der Waals surface area contributed by atoms with Crippen molar-refractivity contribution in [2.24, 2.45) is 9.98 Å². The third-order valence-corrected chi connectivity index (χ3v) is 5.83. The summed E-state index contributed by atoms with van der Waals surface area (Å²) in [5.74, 6) is 0. The van der Waals surface area contributed by atoms with Crippen LogP contribution in [0.5, 0.6) is 0 Å². The van der Waals surface area contributed by atoms with Crippen LogP contribution in [0.2, 0.25) is 0 Å². The zero-order valence-electron chi connectivity index (χ0n) is 19.9. The van der Waals surface area contributed by atoms with E-state index >= 15 is 0 Å². The van der Waals surface area contributed by atoms with Crippen molar-refractivity contribution in [1.82, 2.24) is 0 Å². The van der Waals surface area contributed by atoms with E-state index in [0.717, 1.165) is 22.3 Å². The molecule has 182 valence electrons. The summed E-state index contributed by atoms with van der Waals surface area (Å²) in [5.41, 5.74) is 3.99. The van der Waals surface area contributed by atoms with Gasteiger partial charge >= 0.3 is 0 Å². The Kier molecular flexibility index (Phi) is 8.89. The van der Waals surface area contributed by atoms with E-state index in [1.165, 1.54) is 0 Å². The van der Waals surface area contributed by atoms with Gasteiger partial charge in [-0.25, -0.2) is 0 Å². The van der Waals surface area contributed by atoms with Crippen LogP contribution in [0.3, 0.4) is 0 Å². The van der Waals surface area contributed by atoms with Crippen LogP contribution in [0.25, 0.3) is 0 Å². The average molecular weight is 479 g/mol. The van der Waals surface area contributed by atoms with Crippen LogP contribution in [0.4, 0.5) is 0 Å². The van der Waals surface area contributed by atoms with Gasteiger partial charge in [-0.15, -0.1) is 0 Å². The van der Waals surface area contributed by atoms with Gasteiger partial charge in [0.2, 0.25) is 0 Å². The molecule has 0 heterocycles. The van der Waals surface area contributed by atoms with Gasteiger partial charge in [0.1, 0.15) is 12.2 Å². The second kappa shape index (κ2) is 12.7. The van der Waals surface area contributed by atoms with Crippen LogP contribution < -0.4 is 0 Å². The number of benzene rings is 4. The van der Waals surface area contributed by atoms with Crippen LogP contribution in [0, 0.1) is 0 Å². The first-order valence-electron chi connectivity index (χ1n) is 12.0. The SMILES string of the molecule is OC(CN=C(c1ccccc1)C(O)c1ccccc1)CN=C(c1ccccc1)C(O)c1ccccc1. The van der Waals surface area contributed by atoms with Gasteiger partial charge in [-0.05, 0) is 22.3 Å². The Morgan fingerprint density at radius 2 is 0.778 bits per heavy atom. The second-order valence-corrected chi connectivity index (χ2v) is 8.46. The van der Waals surface area contributed by atoms with E-state index in [9.17, 15) is 15.3 Å². The molecule has 36 heavy (non-hydrogen) atoms. The van der Waals surface area contributed by atoms with E-state index in [2.05, 4.69) is 9.98 Å². The zero-order chi connectivity index (χ0) is 25.2. The van der Waals surface area contributed by atoms with Crippen LogP contribution in [-0.2, 0) is 0 Å². The number of nitrogens with zero attached hydrogens (tertiary/aromatic N) is 2. The Hall–Kier alpha value is -3.90. The Morgan fingerprint density at radius 1 is 0.472 bits per heavy atom. The molecule has 0 amide bonds. The molecule has 4 aromatic carbocycles. The fraction of sp³-hybridized carbons (Fsp3) is 0.161. The minimum Gasteiger partial charge on any atom is -0.389 e. The topological polar surface area (TPSA) is 85.4 Å². The molecule has 0 fully saturated rings. The highest BCUT2D eigenvalue weighted by Gasteiger charge is 2.19. The molecule has 0 aromatic heterocycles. The fourth-order valence-electron chi connectivity index (χ4n) is 3.94. The smallest absolute Gasteiger partial charge is 0.121 e. The van der Waals surface area contributed by atoms with Gasteiger partial charge in [-0.2, -0.15) is 0 Å². The van der Waals surface area contributed by atoms with Gasteiger partial charge in [0.15, 0.2) is 0 Å². The zero-order valence-corrected chi connectivity index (χ0v) is 19.9. The highest BCUT2D eigenvalue weighted by atomic mass is 16.3. The van der Waals surface area contributed by atoms with Gasteiger partial charge in [0.05, 0.1) is 30.6 Å². The summed E-state index contributed by atoms with van der Waals surface area (Å²) in [7, 11) is 0. The van der Waals surface area contributed by atoms with Crippen molar-refractivity contribution in [2.45, 2.75) is 18.3 Å². The van der Waals surface area contributed by atoms with Gasteiger partial charge in [-0.3, -0.25) is 9.98 Å². The maximum Gasteiger partial charge on any atom is 0.121 e. The van der Waals surface area contributed by atoms with Gasteiger partial charge < -0.3 is 15.3 Å². The van der Waals surface area contributed by atoms with E-state index < -0.39 is 18.3 Å². The number of hydrogen-bond donors (Lipinski definition) is 3. The molecule has 4 rings (SSSR count). The molecule has 0 bridgehead atoms. The number of hydrogen-bond acceptors (Lipinski definition) is 5. The summed E-state index contributed by atoms with van der Waals surface area (Å²) < 4.78 is 0. The highest BCUT2D eigenvalue weighted by Crippen LogP contribution is 2.21. The monoisotopic (exact) mass is 478 g/mol. The van der Waals surface area contributed by atoms with Crippen molar-refractivity contribution in [1.29, 1.82) is 0 Å². The molecule has 0 saturated carbocycles. The molecule has 0 spiro atoms. The standard InChI is InChI=1S/C31H30N2O3/c34-27(21-32-28(23-13-5-1-6-14-23)30(35)25-17-9-3-10-18-25)22-33-29(24-15-7-2-8-16-24)31(36)26-19-11-4-12-20-26/h1-20,27,30-31,34-36H,21-22H2. The van der Waals surface area contributed by atoms with E-state index in [-0.39, 0.29) is 13.1 Å². The molecule has 0 saturated heterocycles. The fourth-order valence-corrected chi connectivity index (χ4v) is 3.94. The van der Waals surface area contributed by atoms with Gasteiger partial charge in [0.25, 0.3) is 0 Å². The first-order valence-corrected chi connectivity index (χ1v) is 12.0. The molecule has 5 heteroatoms. The molecule has 0 aliphatic carbocycles. The predicted octanol–water partition coefficient (Wildman–Crippen LogP) is 4.79. The third kappa shape index (κ3) is 6.61. The van der Waals surface area contributed by atoms with Crippen LogP contribution in [0.15, 0.2) is 131 Å². The Balaban J connectivity index is 1.56. The van der Waals surface area contributed by atoms with E-state index in [1.54, 1.807) is 0 Å². The van der Waals surface area contributed by atoms with Crippen molar-refractivity contribution < 1.29 is 15.3 Å². The molecular weight excluding hydrogens is 448 g/mol. The second-order valence-electron chi connectivity index (χ2n) is 8.46. The quantitative estimate of drug-likeness (QED) is 0.287. The molecule has 0 aliphatic heterocycles. The summed E-state index contributed by atoms with van der Waals surface area (Å²) in [5, 5.41) is 32.8.